The zero-order valence-electron chi connectivity index (χ0n) is 13.0. The van der Waals surface area contributed by atoms with Crippen molar-refractivity contribution < 1.29 is 41.2 Å². The van der Waals surface area contributed by atoms with E-state index in [-0.39, 0.29) is 46.8 Å². The average molecular weight is 430 g/mol. The number of aromatic hydroxyl groups is 2. The minimum atomic E-state index is -4.73. The van der Waals surface area contributed by atoms with E-state index in [0.29, 0.717) is 0 Å². The fraction of sp³-hybridized carbons (Fsp3) is 0.385. The molecule has 27 heavy (non-hydrogen) atoms. The predicted molar refractivity (Wildman–Crippen MR) is 91.3 cm³/mol. The summed E-state index contributed by atoms with van der Waals surface area (Å²) in [5.41, 5.74) is 0. The van der Waals surface area contributed by atoms with Gasteiger partial charge in [-0.1, -0.05) is 0 Å². The van der Waals surface area contributed by atoms with E-state index in [1.54, 1.807) is 0 Å². The molecule has 144 valence electrons. The number of phenols is 2. The van der Waals surface area contributed by atoms with Crippen molar-refractivity contribution in [1.29, 1.82) is 0 Å². The number of phenolic OH excluding ortho intramolecular Hbond substituents is 2. The molecule has 3 N–H and O–H groups in total. The van der Waals surface area contributed by atoms with Crippen molar-refractivity contribution in [2.45, 2.75) is 23.4 Å². The van der Waals surface area contributed by atoms with Crippen LogP contribution in [0.5, 0.6) is 11.5 Å². The fourth-order valence-corrected chi connectivity index (χ4v) is 5.24. The summed E-state index contributed by atoms with van der Waals surface area (Å²) in [5, 5.41) is 18.6. The third-order valence-electron chi connectivity index (χ3n) is 4.33. The third kappa shape index (κ3) is 3.79. The molecule has 0 spiro atoms. The summed E-state index contributed by atoms with van der Waals surface area (Å²) in [6, 6.07) is 0.714. The topological polar surface area (TPSA) is 170 Å². The number of amides is 2. The molecule has 2 saturated heterocycles. The summed E-state index contributed by atoms with van der Waals surface area (Å²) in [6.07, 6.45) is 0.0853. The molecule has 2 heterocycles. The molecule has 0 saturated carbocycles. The summed E-state index contributed by atoms with van der Waals surface area (Å²) >= 11 is 0. The molecule has 2 fully saturated rings. The molecule has 0 aliphatic carbocycles. The van der Waals surface area contributed by atoms with Crippen LogP contribution in [0.3, 0.4) is 0 Å². The van der Waals surface area contributed by atoms with E-state index in [0.717, 1.165) is 23.1 Å². The first-order chi connectivity index (χ1) is 11.9. The zero-order valence-corrected chi connectivity index (χ0v) is 14.6. The van der Waals surface area contributed by atoms with Crippen molar-refractivity contribution in [2.24, 2.45) is 0 Å². The number of likely N-dealkylation sites (tertiary alicyclic amines) is 1. The average Bonchev–Trinajstić information content (AvgIpc) is 2.86. The quantitative estimate of drug-likeness (QED) is 0.208. The second kappa shape index (κ2) is 7.22. The van der Waals surface area contributed by atoms with Gasteiger partial charge in [-0.3, -0.25) is 14.1 Å². The van der Waals surface area contributed by atoms with Gasteiger partial charge in [0.05, 0.1) is 10.9 Å². The first-order valence-electron chi connectivity index (χ1n) is 7.28. The van der Waals surface area contributed by atoms with E-state index in [4.69, 9.17) is 4.55 Å². The number of rotatable bonds is 4. The minimum absolute atomic E-state index is 0. The van der Waals surface area contributed by atoms with E-state index in [1.807, 2.05) is 0 Å². The number of β-lactam (4-membered cyclic amide) rings is 1. The molecular weight excluding hydrogens is 415 g/mol. The van der Waals surface area contributed by atoms with Crippen LogP contribution in [0, 0.1) is 0 Å². The van der Waals surface area contributed by atoms with Crippen LogP contribution in [0.2, 0.25) is 0 Å². The Morgan fingerprint density at radius 3 is 2.33 bits per heavy atom. The van der Waals surface area contributed by atoms with Crippen molar-refractivity contribution in [3.63, 3.8) is 0 Å². The van der Waals surface area contributed by atoms with Crippen LogP contribution in [0.1, 0.15) is 6.42 Å². The van der Waals surface area contributed by atoms with Gasteiger partial charge < -0.3 is 15.1 Å². The Labute approximate surface area is 176 Å². The molecule has 0 bridgehead atoms. The summed E-state index contributed by atoms with van der Waals surface area (Å²) in [4.78, 5) is 24.8. The van der Waals surface area contributed by atoms with Gasteiger partial charge >= 0.3 is 39.9 Å². The molecule has 3 rings (SSSR count). The summed E-state index contributed by atoms with van der Waals surface area (Å²) in [6.45, 7) is -0.0394. The maximum atomic E-state index is 12.3. The second-order valence-electron chi connectivity index (χ2n) is 5.91. The first kappa shape index (κ1) is 21.9. The van der Waals surface area contributed by atoms with Crippen LogP contribution in [0.25, 0.3) is 0 Å². The number of hydrogen-bond donors (Lipinski definition) is 3. The zero-order chi connectivity index (χ0) is 19.4. The van der Waals surface area contributed by atoms with Crippen molar-refractivity contribution in [3.05, 3.63) is 18.2 Å². The van der Waals surface area contributed by atoms with Crippen molar-refractivity contribution in [2.75, 3.05) is 12.3 Å². The van der Waals surface area contributed by atoms with Gasteiger partial charge in [0.15, 0.2) is 21.3 Å². The molecule has 2 amide bonds. The summed E-state index contributed by atoms with van der Waals surface area (Å²) < 4.78 is 56.1. The monoisotopic (exact) mass is 430 g/mol. The van der Waals surface area contributed by atoms with Crippen LogP contribution in [-0.2, 0) is 29.7 Å². The Kier molecular flexibility index (Phi) is 5.86. The number of fused-ring (bicyclic) bond motifs is 1. The van der Waals surface area contributed by atoms with Crippen molar-refractivity contribution in [1.82, 2.24) is 9.21 Å². The number of nitrogens with zero attached hydrogens (tertiary/aromatic N) is 2. The fourth-order valence-electron chi connectivity index (χ4n) is 3.12. The number of carbonyl (C=O) groups excluding carboxylic acids is 2. The summed E-state index contributed by atoms with van der Waals surface area (Å²) in [7, 11) is -8.90. The van der Waals surface area contributed by atoms with E-state index in [2.05, 4.69) is 0 Å². The van der Waals surface area contributed by atoms with Gasteiger partial charge in [-0.05, 0) is 18.6 Å². The maximum absolute atomic E-state index is 12.3. The van der Waals surface area contributed by atoms with E-state index in [9.17, 15) is 36.6 Å². The molecule has 0 aromatic heterocycles. The van der Waals surface area contributed by atoms with Gasteiger partial charge in [-0.2, -0.15) is 8.42 Å². The molecule has 2 aliphatic rings. The molecule has 0 unspecified atom stereocenters. The molecule has 0 radical (unpaired) electrons. The number of benzene rings is 1. The number of hydrogen-bond acceptors (Lipinski definition) is 8. The molecule has 2 atom stereocenters. The normalized spacial score (nSPS) is 22.0. The standard InChI is InChI=1S/C13H14N2O9S2.Na.H/c16-9-2-1-7(5-10(9)17)25(20,21)6-11(18)14-4-3-8-12(14)13(19)15(8)26(22,23)24;;/h1-2,5,8,12,16-17H,3-4,6H2,(H,22,23,24);;/t8-,12+;;/m1../s1. The van der Waals surface area contributed by atoms with Crippen molar-refractivity contribution in [3.8, 4) is 11.5 Å². The van der Waals surface area contributed by atoms with Crippen LogP contribution >= 0.6 is 0 Å². The Bertz CT molecular complexity index is 1010. The Morgan fingerprint density at radius 1 is 1.15 bits per heavy atom. The first-order valence-corrected chi connectivity index (χ1v) is 10.3. The van der Waals surface area contributed by atoms with Crippen LogP contribution in [0.4, 0.5) is 0 Å². The Hall–Kier alpha value is -1.38. The molecule has 1 aromatic carbocycles. The van der Waals surface area contributed by atoms with Gasteiger partial charge in [0, 0.05) is 12.6 Å². The van der Waals surface area contributed by atoms with Gasteiger partial charge in [0.1, 0.15) is 11.8 Å². The number of sulfone groups is 1. The van der Waals surface area contributed by atoms with Gasteiger partial charge in [-0.15, -0.1) is 0 Å². The van der Waals surface area contributed by atoms with Crippen molar-refractivity contribution >= 4 is 61.5 Å². The summed E-state index contributed by atoms with van der Waals surface area (Å²) in [5.74, 6) is -4.10. The molecule has 11 nitrogen and oxygen atoms in total. The molecule has 14 heteroatoms. The SMILES string of the molecule is O=C(CS(=O)(=O)c1ccc(O)c(O)c1)N1CC[C@@H]2[C@H]1C(=O)N2S(=O)(=O)O.[NaH]. The van der Waals surface area contributed by atoms with E-state index < -0.39 is 66.2 Å². The van der Waals surface area contributed by atoms with Crippen LogP contribution in [0.15, 0.2) is 23.1 Å². The van der Waals surface area contributed by atoms with E-state index in [1.165, 1.54) is 0 Å². The molecule has 2 aliphatic heterocycles. The molecule has 1 aromatic rings. The predicted octanol–water partition coefficient (Wildman–Crippen LogP) is -2.16. The van der Waals surface area contributed by atoms with Gasteiger partial charge in [-0.25, -0.2) is 12.7 Å². The Balaban J connectivity index is 0.00000261. The molecular formula is C13H15N2NaO9S2. The van der Waals surface area contributed by atoms with Gasteiger partial charge in [0.2, 0.25) is 5.91 Å². The van der Waals surface area contributed by atoms with Gasteiger partial charge in [0.25, 0.3) is 5.91 Å². The number of carbonyl (C=O) groups is 2. The Morgan fingerprint density at radius 2 is 1.78 bits per heavy atom. The third-order valence-corrected chi connectivity index (χ3v) is 6.87. The van der Waals surface area contributed by atoms with Crippen LogP contribution in [-0.4, -0.2) is 107 Å². The second-order valence-corrected chi connectivity index (χ2v) is 9.19. The van der Waals surface area contributed by atoms with E-state index >= 15 is 0 Å². The van der Waals surface area contributed by atoms with Crippen LogP contribution < -0.4 is 0 Å².